The van der Waals surface area contributed by atoms with E-state index in [1.165, 1.54) is 17.0 Å². The molecule has 3 aromatic rings. The normalized spacial score (nSPS) is 15.4. The smallest absolute Gasteiger partial charge is 0.253 e. The van der Waals surface area contributed by atoms with Crippen molar-refractivity contribution < 1.29 is 18.8 Å². The van der Waals surface area contributed by atoms with Crippen LogP contribution in [-0.4, -0.2) is 30.8 Å². The van der Waals surface area contributed by atoms with E-state index in [2.05, 4.69) is 10.6 Å². The number of hydrogen-bond donors (Lipinski definition) is 2. The first kappa shape index (κ1) is 22.2. The second-order valence-electron chi connectivity index (χ2n) is 7.88. The third-order valence-corrected chi connectivity index (χ3v) is 5.61. The topological polar surface area (TPSA) is 78.5 Å². The predicted molar refractivity (Wildman–Crippen MR) is 124 cm³/mol. The van der Waals surface area contributed by atoms with Crippen LogP contribution in [0.2, 0.25) is 0 Å². The zero-order valence-electron chi connectivity index (χ0n) is 18.0. The van der Waals surface area contributed by atoms with Crippen LogP contribution < -0.4 is 15.5 Å². The highest BCUT2D eigenvalue weighted by Crippen LogP contribution is 2.28. The standard InChI is InChI=1S/C26H24FN3O3/c27-21-11-5-7-13-23(21)30-17-19(16-24(30)31)25(32)29-22-12-6-4-10-20(22)26(33)28-15-14-18-8-2-1-3-9-18/h1-13,19H,14-17H2,(H,28,33)(H,29,32)/t19-/m0/s1. The van der Waals surface area contributed by atoms with E-state index in [9.17, 15) is 18.8 Å². The first-order valence-electron chi connectivity index (χ1n) is 10.8. The third kappa shape index (κ3) is 5.26. The fraction of sp³-hybridized carbons (Fsp3) is 0.192. The van der Waals surface area contributed by atoms with Gasteiger partial charge in [-0.15, -0.1) is 0 Å². The lowest BCUT2D eigenvalue weighted by Gasteiger charge is -2.17. The van der Waals surface area contributed by atoms with Crippen LogP contribution in [0.25, 0.3) is 0 Å². The molecule has 0 saturated carbocycles. The number of nitrogens with one attached hydrogen (secondary N) is 2. The van der Waals surface area contributed by atoms with Crippen molar-refractivity contribution in [2.45, 2.75) is 12.8 Å². The number of rotatable bonds is 7. The number of hydrogen-bond acceptors (Lipinski definition) is 3. The molecule has 2 N–H and O–H groups in total. The summed E-state index contributed by atoms with van der Waals surface area (Å²) in [6.07, 6.45) is 0.669. The van der Waals surface area contributed by atoms with Gasteiger partial charge in [-0.2, -0.15) is 0 Å². The average Bonchev–Trinajstić information content (AvgIpc) is 3.22. The van der Waals surface area contributed by atoms with Crippen LogP contribution in [-0.2, 0) is 16.0 Å². The Labute approximate surface area is 191 Å². The summed E-state index contributed by atoms with van der Waals surface area (Å²) in [6, 6.07) is 22.5. The predicted octanol–water partition coefficient (Wildman–Crippen LogP) is 3.79. The number of carbonyl (C=O) groups excluding carboxylic acids is 3. The SMILES string of the molecule is O=C(NCCc1ccccc1)c1ccccc1NC(=O)[C@H]1CC(=O)N(c2ccccc2F)C1. The minimum atomic E-state index is -0.647. The van der Waals surface area contributed by atoms with Gasteiger partial charge in [0.15, 0.2) is 0 Å². The largest absolute Gasteiger partial charge is 0.352 e. The molecule has 0 bridgehead atoms. The summed E-state index contributed by atoms with van der Waals surface area (Å²) in [5.41, 5.74) is 1.99. The molecule has 168 valence electrons. The number of benzene rings is 3. The molecule has 33 heavy (non-hydrogen) atoms. The first-order chi connectivity index (χ1) is 16.0. The van der Waals surface area contributed by atoms with E-state index in [1.54, 1.807) is 36.4 Å². The Morgan fingerprint density at radius 3 is 2.42 bits per heavy atom. The maximum atomic E-state index is 14.1. The maximum Gasteiger partial charge on any atom is 0.253 e. The van der Waals surface area contributed by atoms with Gasteiger partial charge in [0.25, 0.3) is 5.91 Å². The Morgan fingerprint density at radius 1 is 0.939 bits per heavy atom. The van der Waals surface area contributed by atoms with Crippen LogP contribution in [0.5, 0.6) is 0 Å². The van der Waals surface area contributed by atoms with Crippen molar-refractivity contribution in [3.05, 3.63) is 95.8 Å². The zero-order valence-corrected chi connectivity index (χ0v) is 18.0. The van der Waals surface area contributed by atoms with Gasteiger partial charge in [-0.1, -0.05) is 54.6 Å². The van der Waals surface area contributed by atoms with Crippen molar-refractivity contribution in [1.82, 2.24) is 5.32 Å². The van der Waals surface area contributed by atoms with E-state index in [1.807, 2.05) is 30.3 Å². The molecule has 0 spiro atoms. The minimum Gasteiger partial charge on any atom is -0.352 e. The third-order valence-electron chi connectivity index (χ3n) is 5.61. The van der Waals surface area contributed by atoms with E-state index < -0.39 is 11.7 Å². The molecular weight excluding hydrogens is 421 g/mol. The summed E-state index contributed by atoms with van der Waals surface area (Å²) >= 11 is 0. The maximum absolute atomic E-state index is 14.1. The molecule has 0 aliphatic carbocycles. The van der Waals surface area contributed by atoms with Crippen molar-refractivity contribution >= 4 is 29.1 Å². The zero-order chi connectivity index (χ0) is 23.2. The molecule has 1 saturated heterocycles. The van der Waals surface area contributed by atoms with Crippen molar-refractivity contribution in [2.75, 3.05) is 23.3 Å². The van der Waals surface area contributed by atoms with E-state index in [4.69, 9.17) is 0 Å². The number of anilines is 2. The van der Waals surface area contributed by atoms with Gasteiger partial charge in [-0.3, -0.25) is 14.4 Å². The number of nitrogens with zero attached hydrogens (tertiary/aromatic N) is 1. The van der Waals surface area contributed by atoms with Gasteiger partial charge < -0.3 is 15.5 Å². The van der Waals surface area contributed by atoms with Crippen LogP contribution in [0.15, 0.2) is 78.9 Å². The summed E-state index contributed by atoms with van der Waals surface area (Å²) in [5, 5.41) is 5.65. The fourth-order valence-electron chi connectivity index (χ4n) is 3.87. The van der Waals surface area contributed by atoms with Crippen LogP contribution in [0.1, 0.15) is 22.3 Å². The van der Waals surface area contributed by atoms with Gasteiger partial charge in [0.05, 0.1) is 22.9 Å². The molecule has 1 heterocycles. The second-order valence-corrected chi connectivity index (χ2v) is 7.88. The Morgan fingerprint density at radius 2 is 1.64 bits per heavy atom. The molecule has 0 aromatic heterocycles. The molecule has 4 rings (SSSR count). The Bertz CT molecular complexity index is 1170. The quantitative estimate of drug-likeness (QED) is 0.581. The Hall–Kier alpha value is -4.00. The molecule has 1 aliphatic rings. The lowest BCUT2D eigenvalue weighted by atomic mass is 10.1. The van der Waals surface area contributed by atoms with E-state index >= 15 is 0 Å². The van der Waals surface area contributed by atoms with Gasteiger partial charge in [0, 0.05) is 19.5 Å². The van der Waals surface area contributed by atoms with E-state index in [-0.39, 0.29) is 36.4 Å². The number of amides is 3. The highest BCUT2D eigenvalue weighted by atomic mass is 19.1. The van der Waals surface area contributed by atoms with Gasteiger partial charge in [-0.25, -0.2) is 4.39 Å². The summed E-state index contributed by atoms with van der Waals surface area (Å²) in [4.78, 5) is 39.3. The lowest BCUT2D eigenvalue weighted by molar-refractivity contribution is -0.122. The molecule has 1 atom stereocenters. The van der Waals surface area contributed by atoms with Gasteiger partial charge >= 0.3 is 0 Å². The highest BCUT2D eigenvalue weighted by molar-refractivity contribution is 6.07. The van der Waals surface area contributed by atoms with Crippen molar-refractivity contribution in [2.24, 2.45) is 5.92 Å². The highest BCUT2D eigenvalue weighted by Gasteiger charge is 2.36. The first-order valence-corrected chi connectivity index (χ1v) is 10.8. The van der Waals surface area contributed by atoms with Crippen LogP contribution in [0.3, 0.4) is 0 Å². The number of carbonyl (C=O) groups is 3. The van der Waals surface area contributed by atoms with E-state index in [0.29, 0.717) is 24.2 Å². The van der Waals surface area contributed by atoms with Gasteiger partial charge in [0.1, 0.15) is 5.82 Å². The Kier molecular flexibility index (Phi) is 6.78. The monoisotopic (exact) mass is 445 g/mol. The van der Waals surface area contributed by atoms with Gasteiger partial charge in [0.2, 0.25) is 11.8 Å². The lowest BCUT2D eigenvalue weighted by Crippen LogP contribution is -2.30. The number of para-hydroxylation sites is 2. The molecule has 3 amide bonds. The molecular formula is C26H24FN3O3. The molecule has 3 aromatic carbocycles. The van der Waals surface area contributed by atoms with Crippen molar-refractivity contribution in [3.63, 3.8) is 0 Å². The molecule has 6 nitrogen and oxygen atoms in total. The van der Waals surface area contributed by atoms with E-state index in [0.717, 1.165) is 5.56 Å². The second kappa shape index (κ2) is 10.1. The molecule has 1 fully saturated rings. The van der Waals surface area contributed by atoms with Crippen LogP contribution in [0.4, 0.5) is 15.8 Å². The summed E-state index contributed by atoms with van der Waals surface area (Å²) in [5.74, 6) is -2.15. The molecule has 1 aliphatic heterocycles. The Balaban J connectivity index is 1.39. The minimum absolute atomic E-state index is 0.0222. The fourth-order valence-corrected chi connectivity index (χ4v) is 3.87. The average molecular weight is 445 g/mol. The van der Waals surface area contributed by atoms with Gasteiger partial charge in [-0.05, 0) is 36.2 Å². The molecule has 7 heteroatoms. The number of halogens is 1. The van der Waals surface area contributed by atoms with Crippen molar-refractivity contribution in [1.29, 1.82) is 0 Å². The summed E-state index contributed by atoms with van der Waals surface area (Å²) < 4.78 is 14.1. The van der Waals surface area contributed by atoms with Crippen LogP contribution >= 0.6 is 0 Å². The molecule has 0 radical (unpaired) electrons. The molecule has 0 unspecified atom stereocenters. The van der Waals surface area contributed by atoms with Crippen molar-refractivity contribution in [3.8, 4) is 0 Å². The van der Waals surface area contributed by atoms with Crippen LogP contribution in [0, 0.1) is 11.7 Å². The summed E-state index contributed by atoms with van der Waals surface area (Å²) in [7, 11) is 0. The summed E-state index contributed by atoms with van der Waals surface area (Å²) in [6.45, 7) is 0.539.